The molecular weight excluding hydrogens is 490 g/mol. The third-order valence-corrected chi connectivity index (χ3v) is 8.61. The number of ether oxygens (including phenoxy) is 2. The van der Waals surface area contributed by atoms with Crippen molar-refractivity contribution in [2.75, 3.05) is 47.4 Å². The average Bonchev–Trinajstić information content (AvgIpc) is 3.26. The van der Waals surface area contributed by atoms with Crippen LogP contribution in [0.25, 0.3) is 22.2 Å². The summed E-state index contributed by atoms with van der Waals surface area (Å²) in [5.74, 6) is 1.38. The molecule has 1 fully saturated rings. The van der Waals surface area contributed by atoms with Crippen LogP contribution in [0.1, 0.15) is 66.8 Å². The van der Waals surface area contributed by atoms with Gasteiger partial charge in [-0.1, -0.05) is 31.4 Å². The number of hydrogen-bond acceptors (Lipinski definition) is 5. The van der Waals surface area contributed by atoms with Crippen LogP contribution in [0, 0.1) is 5.92 Å². The summed E-state index contributed by atoms with van der Waals surface area (Å²) in [6.07, 6.45) is 8.18. The molecule has 1 aliphatic carbocycles. The van der Waals surface area contributed by atoms with Gasteiger partial charge in [-0.15, -0.1) is 0 Å². The van der Waals surface area contributed by atoms with E-state index < -0.39 is 5.97 Å². The third kappa shape index (κ3) is 5.80. The predicted octanol–water partition coefficient (Wildman–Crippen LogP) is 6.00. The predicted molar refractivity (Wildman–Crippen MR) is 156 cm³/mol. The van der Waals surface area contributed by atoms with Crippen LogP contribution in [0.4, 0.5) is 0 Å². The molecule has 0 unspecified atom stereocenters. The van der Waals surface area contributed by atoms with Crippen molar-refractivity contribution >= 4 is 16.9 Å². The van der Waals surface area contributed by atoms with Crippen molar-refractivity contribution in [1.82, 2.24) is 14.8 Å². The Hall–Kier alpha value is -3.03. The molecule has 1 aliphatic heterocycles. The lowest BCUT2D eigenvalue weighted by atomic mass is 9.81. The largest absolute Gasteiger partial charge is 0.493 e. The number of carboxylic acids is 1. The maximum Gasteiger partial charge on any atom is 0.335 e. The Kier molecular flexibility index (Phi) is 8.78. The smallest absolute Gasteiger partial charge is 0.335 e. The highest BCUT2D eigenvalue weighted by molar-refractivity contribution is 5.99. The molecular formula is C32H43N3O4. The molecule has 2 N–H and O–H groups in total. The molecule has 0 spiro atoms. The van der Waals surface area contributed by atoms with Gasteiger partial charge in [-0.3, -0.25) is 0 Å². The Morgan fingerprint density at radius 1 is 1.18 bits per heavy atom. The highest BCUT2D eigenvalue weighted by Crippen LogP contribution is 2.49. The van der Waals surface area contributed by atoms with Crippen molar-refractivity contribution in [3.8, 4) is 22.8 Å². The number of para-hydroxylation sites is 1. The highest BCUT2D eigenvalue weighted by atomic mass is 16.5. The van der Waals surface area contributed by atoms with Gasteiger partial charge in [0.2, 0.25) is 0 Å². The SMILES string of the molecule is CNCCCN(C)CC[C@H]1COc2c(OC)cccc2-c2c(C3CCCCC3)c3ccc(C(=O)O)cc3n2C1. The maximum atomic E-state index is 12.0. The van der Waals surface area contributed by atoms with E-state index in [9.17, 15) is 9.90 Å². The number of nitrogens with one attached hydrogen (secondary N) is 1. The van der Waals surface area contributed by atoms with Gasteiger partial charge in [0.15, 0.2) is 11.5 Å². The second kappa shape index (κ2) is 12.4. The molecule has 1 saturated carbocycles. The van der Waals surface area contributed by atoms with Crippen LogP contribution in [-0.4, -0.2) is 68.0 Å². The monoisotopic (exact) mass is 533 g/mol. The fourth-order valence-corrected chi connectivity index (χ4v) is 6.53. The van der Waals surface area contributed by atoms with E-state index in [1.54, 1.807) is 13.2 Å². The van der Waals surface area contributed by atoms with Gasteiger partial charge >= 0.3 is 5.97 Å². The molecule has 0 radical (unpaired) electrons. The molecule has 1 atom stereocenters. The lowest BCUT2D eigenvalue weighted by molar-refractivity contribution is 0.0697. The molecule has 210 valence electrons. The number of rotatable bonds is 10. The molecule has 0 amide bonds. The summed E-state index contributed by atoms with van der Waals surface area (Å²) in [7, 11) is 5.88. The quantitative estimate of drug-likeness (QED) is 0.311. The van der Waals surface area contributed by atoms with E-state index in [1.807, 2.05) is 31.3 Å². The van der Waals surface area contributed by atoms with Gasteiger partial charge in [0.05, 0.1) is 25.0 Å². The Morgan fingerprint density at radius 3 is 2.74 bits per heavy atom. The van der Waals surface area contributed by atoms with E-state index in [2.05, 4.69) is 27.9 Å². The number of fused-ring (bicyclic) bond motifs is 5. The highest BCUT2D eigenvalue weighted by Gasteiger charge is 2.31. The van der Waals surface area contributed by atoms with E-state index in [0.717, 1.165) is 74.4 Å². The van der Waals surface area contributed by atoms with E-state index >= 15 is 0 Å². The van der Waals surface area contributed by atoms with Crippen LogP contribution in [-0.2, 0) is 6.54 Å². The van der Waals surface area contributed by atoms with E-state index in [1.165, 1.54) is 35.9 Å². The first-order valence-electron chi connectivity index (χ1n) is 14.5. The van der Waals surface area contributed by atoms with Crippen LogP contribution in [0.2, 0.25) is 0 Å². The summed E-state index contributed by atoms with van der Waals surface area (Å²) in [6, 6.07) is 11.9. The number of nitrogens with zero attached hydrogens (tertiary/aromatic N) is 2. The Morgan fingerprint density at radius 2 is 2.00 bits per heavy atom. The molecule has 1 aromatic heterocycles. The number of aromatic nitrogens is 1. The topological polar surface area (TPSA) is 76.0 Å². The Labute approximate surface area is 232 Å². The summed E-state index contributed by atoms with van der Waals surface area (Å²) >= 11 is 0. The number of carbonyl (C=O) groups is 1. The average molecular weight is 534 g/mol. The van der Waals surface area contributed by atoms with Crippen molar-refractivity contribution in [2.45, 2.75) is 57.4 Å². The normalized spacial score (nSPS) is 17.8. The van der Waals surface area contributed by atoms with Gasteiger partial charge in [0.1, 0.15) is 0 Å². The summed E-state index contributed by atoms with van der Waals surface area (Å²) in [5.41, 5.74) is 4.94. The minimum absolute atomic E-state index is 0.275. The zero-order chi connectivity index (χ0) is 27.4. The lowest BCUT2D eigenvalue weighted by Crippen LogP contribution is -2.29. The van der Waals surface area contributed by atoms with Gasteiger partial charge in [-0.05, 0) is 95.2 Å². The number of methoxy groups -OCH3 is 1. The molecule has 7 nitrogen and oxygen atoms in total. The number of aromatic carboxylic acids is 1. The molecule has 5 rings (SSSR count). The van der Waals surface area contributed by atoms with Crippen LogP contribution in [0.15, 0.2) is 36.4 Å². The minimum atomic E-state index is -0.886. The van der Waals surface area contributed by atoms with Gasteiger partial charge < -0.3 is 29.4 Å². The van der Waals surface area contributed by atoms with Gasteiger partial charge in [-0.25, -0.2) is 4.79 Å². The van der Waals surface area contributed by atoms with E-state index in [4.69, 9.17) is 9.47 Å². The molecule has 2 aromatic carbocycles. The first kappa shape index (κ1) is 27.5. The Balaban J connectivity index is 1.63. The number of carboxylic acid groups (broad SMARTS) is 1. The first-order chi connectivity index (χ1) is 19.0. The second-order valence-electron chi connectivity index (χ2n) is 11.3. The molecule has 0 bridgehead atoms. The molecule has 3 aromatic rings. The molecule has 7 heteroatoms. The summed E-state index contributed by atoms with van der Waals surface area (Å²) in [5, 5.41) is 14.3. The van der Waals surface area contributed by atoms with Crippen molar-refractivity contribution < 1.29 is 19.4 Å². The van der Waals surface area contributed by atoms with Gasteiger partial charge in [0.25, 0.3) is 0 Å². The molecule has 39 heavy (non-hydrogen) atoms. The summed E-state index contributed by atoms with van der Waals surface area (Å²) in [6.45, 7) is 4.44. The van der Waals surface area contributed by atoms with Crippen LogP contribution < -0.4 is 14.8 Å². The molecule has 2 aliphatic rings. The van der Waals surface area contributed by atoms with Crippen molar-refractivity contribution in [3.05, 3.63) is 47.5 Å². The minimum Gasteiger partial charge on any atom is -0.493 e. The second-order valence-corrected chi connectivity index (χ2v) is 11.3. The number of hydrogen-bond donors (Lipinski definition) is 2. The van der Waals surface area contributed by atoms with Crippen LogP contribution in [0.5, 0.6) is 11.5 Å². The van der Waals surface area contributed by atoms with Crippen LogP contribution in [0.3, 0.4) is 0 Å². The number of benzene rings is 2. The fraction of sp³-hybridized carbons (Fsp3) is 0.531. The third-order valence-electron chi connectivity index (χ3n) is 8.61. The van der Waals surface area contributed by atoms with Gasteiger partial charge in [-0.2, -0.15) is 0 Å². The zero-order valence-corrected chi connectivity index (χ0v) is 23.7. The molecule has 2 heterocycles. The maximum absolute atomic E-state index is 12.0. The lowest BCUT2D eigenvalue weighted by Gasteiger charge is -2.29. The first-order valence-corrected chi connectivity index (χ1v) is 14.5. The van der Waals surface area contributed by atoms with Crippen molar-refractivity contribution in [2.24, 2.45) is 5.92 Å². The Bertz CT molecular complexity index is 1290. The van der Waals surface area contributed by atoms with Gasteiger partial charge in [0, 0.05) is 28.9 Å². The standard InChI is InChI=1S/C32H43N3O4/c1-33-16-8-17-34(2)18-15-22-20-35-27-19-24(32(36)37)13-14-25(27)29(23-9-5-4-6-10-23)30(35)26-11-7-12-28(38-3)31(26)39-21-22/h7,11-14,19,22-23,33H,4-6,8-10,15-18,20-21H2,1-3H3,(H,36,37)/t22-/m1/s1. The molecule has 0 saturated heterocycles. The zero-order valence-electron chi connectivity index (χ0n) is 23.7. The summed E-state index contributed by atoms with van der Waals surface area (Å²) in [4.78, 5) is 14.4. The summed E-state index contributed by atoms with van der Waals surface area (Å²) < 4.78 is 14.8. The van der Waals surface area contributed by atoms with Crippen LogP contribution >= 0.6 is 0 Å². The van der Waals surface area contributed by atoms with E-state index in [-0.39, 0.29) is 5.92 Å². The van der Waals surface area contributed by atoms with Crippen molar-refractivity contribution in [3.63, 3.8) is 0 Å². The van der Waals surface area contributed by atoms with E-state index in [0.29, 0.717) is 18.1 Å². The fourth-order valence-electron chi connectivity index (χ4n) is 6.53. The van der Waals surface area contributed by atoms with Crippen molar-refractivity contribution in [1.29, 1.82) is 0 Å².